The Balaban J connectivity index is 1.68. The van der Waals surface area contributed by atoms with Gasteiger partial charge in [0.1, 0.15) is 17.5 Å². The summed E-state index contributed by atoms with van der Waals surface area (Å²) < 4.78 is 5.78. The summed E-state index contributed by atoms with van der Waals surface area (Å²) in [4.78, 5) is 13.2. The largest absolute Gasteiger partial charge is 0.486 e. The van der Waals surface area contributed by atoms with Gasteiger partial charge >= 0.3 is 0 Å². The van der Waals surface area contributed by atoms with E-state index in [1.165, 1.54) is 23.5 Å². The van der Waals surface area contributed by atoms with Crippen LogP contribution in [0.1, 0.15) is 23.4 Å². The van der Waals surface area contributed by atoms with E-state index < -0.39 is 0 Å². The molecule has 0 aliphatic heterocycles. The number of nitrogens with two attached hydrogens (primary N) is 1. The van der Waals surface area contributed by atoms with Gasteiger partial charge in [-0.25, -0.2) is 15.0 Å². The summed E-state index contributed by atoms with van der Waals surface area (Å²) in [6.45, 7) is 2.47. The zero-order valence-corrected chi connectivity index (χ0v) is 17.3. The molecule has 0 radical (unpaired) electrons. The number of nitrogen functional groups attached to an aromatic ring is 1. The van der Waals surface area contributed by atoms with E-state index in [1.807, 2.05) is 55.6 Å². The third-order valence-electron chi connectivity index (χ3n) is 3.68. The van der Waals surface area contributed by atoms with Crippen molar-refractivity contribution in [2.24, 2.45) is 0 Å². The van der Waals surface area contributed by atoms with Crippen LogP contribution in [0, 0.1) is 0 Å². The number of benzene rings is 1. The van der Waals surface area contributed by atoms with Crippen molar-refractivity contribution in [3.05, 3.63) is 64.9 Å². The van der Waals surface area contributed by atoms with Crippen molar-refractivity contribution in [2.45, 2.75) is 29.0 Å². The molecule has 8 heteroatoms. The number of anilines is 1. The monoisotopic (exact) mass is 418 g/mol. The first-order valence-corrected chi connectivity index (χ1v) is 10.7. The van der Waals surface area contributed by atoms with E-state index >= 15 is 0 Å². The lowest BCUT2D eigenvalue weighted by molar-refractivity contribution is 0.305. The maximum absolute atomic E-state index is 6.32. The molecule has 3 rings (SSSR count). The van der Waals surface area contributed by atoms with E-state index in [2.05, 4.69) is 15.0 Å². The molecule has 3 aromatic rings. The molecule has 2 heterocycles. The standard InChI is InChI=1S/C19H19ClN4OS2/c1-12(27-19-23-16(21)10-17(24-19)26-2)14-8-9-15(18(20)22-14)25-11-13-6-4-3-5-7-13/h3-10,12H,11H2,1-2H3,(H2,21,23,24). The normalized spacial score (nSPS) is 12.0. The summed E-state index contributed by atoms with van der Waals surface area (Å²) in [5, 5.41) is 1.82. The molecule has 5 nitrogen and oxygen atoms in total. The van der Waals surface area contributed by atoms with Gasteiger partial charge < -0.3 is 10.5 Å². The van der Waals surface area contributed by atoms with E-state index in [0.29, 0.717) is 28.5 Å². The van der Waals surface area contributed by atoms with Crippen LogP contribution < -0.4 is 10.5 Å². The molecule has 1 atom stereocenters. The van der Waals surface area contributed by atoms with Crippen LogP contribution in [-0.4, -0.2) is 21.2 Å². The minimum absolute atomic E-state index is 0.0159. The highest BCUT2D eigenvalue weighted by atomic mass is 35.5. The Kier molecular flexibility index (Phi) is 6.82. The van der Waals surface area contributed by atoms with Gasteiger partial charge in [0.15, 0.2) is 16.1 Å². The number of pyridine rings is 1. The van der Waals surface area contributed by atoms with Gasteiger partial charge in [0.05, 0.1) is 10.9 Å². The fourth-order valence-corrected chi connectivity index (χ4v) is 3.87. The van der Waals surface area contributed by atoms with Gasteiger partial charge in [-0.2, -0.15) is 0 Å². The van der Waals surface area contributed by atoms with Crippen molar-refractivity contribution < 1.29 is 4.74 Å². The average Bonchev–Trinajstić information content (AvgIpc) is 2.67. The highest BCUT2D eigenvalue weighted by molar-refractivity contribution is 7.99. The number of thioether (sulfide) groups is 2. The van der Waals surface area contributed by atoms with Gasteiger partial charge in [-0.1, -0.05) is 53.7 Å². The molecule has 2 aromatic heterocycles. The number of nitrogens with zero attached hydrogens (tertiary/aromatic N) is 3. The maximum Gasteiger partial charge on any atom is 0.191 e. The first-order chi connectivity index (χ1) is 13.0. The SMILES string of the molecule is CSc1cc(N)nc(SC(C)c2ccc(OCc3ccccc3)c(Cl)n2)n1. The lowest BCUT2D eigenvalue weighted by Gasteiger charge is -2.13. The first-order valence-electron chi connectivity index (χ1n) is 8.23. The minimum atomic E-state index is 0.0159. The van der Waals surface area contributed by atoms with E-state index in [4.69, 9.17) is 22.1 Å². The summed E-state index contributed by atoms with van der Waals surface area (Å²) >= 11 is 9.33. The number of aromatic nitrogens is 3. The lowest BCUT2D eigenvalue weighted by Crippen LogP contribution is -2.01. The Morgan fingerprint density at radius 3 is 2.59 bits per heavy atom. The summed E-state index contributed by atoms with van der Waals surface area (Å²) in [5.41, 5.74) is 7.75. The minimum Gasteiger partial charge on any atom is -0.486 e. The van der Waals surface area contributed by atoms with Gasteiger partial charge in [-0.3, -0.25) is 0 Å². The van der Waals surface area contributed by atoms with Gasteiger partial charge in [-0.05, 0) is 30.9 Å². The maximum atomic E-state index is 6.32. The van der Waals surface area contributed by atoms with Crippen LogP contribution in [0.25, 0.3) is 0 Å². The van der Waals surface area contributed by atoms with Gasteiger partial charge in [0, 0.05) is 6.07 Å². The van der Waals surface area contributed by atoms with Crippen molar-refractivity contribution in [3.8, 4) is 5.75 Å². The van der Waals surface area contributed by atoms with Crippen LogP contribution in [0.3, 0.4) is 0 Å². The number of halogens is 1. The zero-order valence-electron chi connectivity index (χ0n) is 14.9. The number of hydrogen-bond acceptors (Lipinski definition) is 7. The summed E-state index contributed by atoms with van der Waals surface area (Å²) in [7, 11) is 0. The van der Waals surface area contributed by atoms with Gasteiger partial charge in [0.25, 0.3) is 0 Å². The Bertz CT molecular complexity index is 911. The van der Waals surface area contributed by atoms with Crippen LogP contribution in [0.15, 0.2) is 58.7 Å². The van der Waals surface area contributed by atoms with Gasteiger partial charge in [0.2, 0.25) is 0 Å². The highest BCUT2D eigenvalue weighted by Gasteiger charge is 2.15. The Morgan fingerprint density at radius 2 is 1.89 bits per heavy atom. The second-order valence-electron chi connectivity index (χ2n) is 5.68. The molecule has 1 aromatic carbocycles. The molecule has 1 unspecified atom stereocenters. The van der Waals surface area contributed by atoms with Crippen molar-refractivity contribution in [3.63, 3.8) is 0 Å². The second kappa shape index (κ2) is 9.30. The van der Waals surface area contributed by atoms with Crippen LogP contribution >= 0.6 is 35.1 Å². The Hall–Kier alpha value is -1.96. The molecule has 0 saturated carbocycles. The molecular weight excluding hydrogens is 400 g/mol. The number of hydrogen-bond donors (Lipinski definition) is 1. The van der Waals surface area contributed by atoms with Crippen LogP contribution in [0.4, 0.5) is 5.82 Å². The Morgan fingerprint density at radius 1 is 1.11 bits per heavy atom. The van der Waals surface area contributed by atoms with Crippen LogP contribution in [-0.2, 0) is 6.61 Å². The van der Waals surface area contributed by atoms with Crippen molar-refractivity contribution in [2.75, 3.05) is 12.0 Å². The van der Waals surface area contributed by atoms with E-state index in [9.17, 15) is 0 Å². The van der Waals surface area contributed by atoms with Crippen molar-refractivity contribution in [1.29, 1.82) is 0 Å². The summed E-state index contributed by atoms with van der Waals surface area (Å²) in [6, 6.07) is 15.4. The molecule has 0 amide bonds. The average molecular weight is 419 g/mol. The smallest absolute Gasteiger partial charge is 0.191 e. The molecule has 0 spiro atoms. The van der Waals surface area contributed by atoms with Crippen molar-refractivity contribution >= 4 is 40.9 Å². The molecule has 0 aliphatic rings. The molecular formula is C19H19ClN4OS2. The molecule has 0 fully saturated rings. The topological polar surface area (TPSA) is 73.9 Å². The molecule has 0 aliphatic carbocycles. The lowest BCUT2D eigenvalue weighted by atomic mass is 10.2. The molecule has 0 saturated heterocycles. The van der Waals surface area contributed by atoms with Crippen molar-refractivity contribution in [1.82, 2.24) is 15.0 Å². The van der Waals surface area contributed by atoms with E-state index in [-0.39, 0.29) is 5.25 Å². The predicted octanol–water partition coefficient (Wildman–Crippen LogP) is 5.26. The van der Waals surface area contributed by atoms with Crippen LogP contribution in [0.5, 0.6) is 5.75 Å². The molecule has 0 bridgehead atoms. The Labute approximate surface area is 172 Å². The first kappa shape index (κ1) is 19.8. The fourth-order valence-electron chi connectivity index (χ4n) is 2.30. The second-order valence-corrected chi connectivity index (χ2v) is 8.17. The van der Waals surface area contributed by atoms with Gasteiger partial charge in [-0.15, -0.1) is 11.8 Å². The third kappa shape index (κ3) is 5.51. The number of ether oxygens (including phenoxy) is 1. The quantitative estimate of drug-likeness (QED) is 0.242. The summed E-state index contributed by atoms with van der Waals surface area (Å²) in [5.74, 6) is 1.02. The zero-order chi connectivity index (χ0) is 19.2. The molecule has 2 N–H and O–H groups in total. The fraction of sp³-hybridized carbons (Fsp3) is 0.211. The summed E-state index contributed by atoms with van der Waals surface area (Å²) in [6.07, 6.45) is 1.95. The number of rotatable bonds is 7. The highest BCUT2D eigenvalue weighted by Crippen LogP contribution is 2.35. The van der Waals surface area contributed by atoms with E-state index in [0.717, 1.165) is 16.3 Å². The molecule has 140 valence electrons. The van der Waals surface area contributed by atoms with Crippen LogP contribution in [0.2, 0.25) is 5.15 Å². The molecule has 27 heavy (non-hydrogen) atoms. The predicted molar refractivity (Wildman–Crippen MR) is 113 cm³/mol. The van der Waals surface area contributed by atoms with E-state index in [1.54, 1.807) is 6.07 Å². The third-order valence-corrected chi connectivity index (χ3v) is 5.57.